The number of halogens is 2. The van der Waals surface area contributed by atoms with Crippen LogP contribution in [-0.4, -0.2) is 8.42 Å². The normalized spacial score (nSPS) is 11.3. The maximum absolute atomic E-state index is 12.4. The van der Waals surface area contributed by atoms with Crippen molar-refractivity contribution in [2.24, 2.45) is 0 Å². The molecule has 4 nitrogen and oxygen atoms in total. The van der Waals surface area contributed by atoms with Gasteiger partial charge in [0.15, 0.2) is 0 Å². The van der Waals surface area contributed by atoms with Crippen LogP contribution in [0.1, 0.15) is 5.56 Å². The Morgan fingerprint density at radius 1 is 1.15 bits per heavy atom. The van der Waals surface area contributed by atoms with Gasteiger partial charge in [-0.2, -0.15) is 0 Å². The van der Waals surface area contributed by atoms with Gasteiger partial charge < -0.3 is 5.73 Å². The van der Waals surface area contributed by atoms with E-state index in [4.69, 9.17) is 5.73 Å². The highest BCUT2D eigenvalue weighted by Gasteiger charge is 2.19. The van der Waals surface area contributed by atoms with Gasteiger partial charge in [0, 0.05) is 14.6 Å². The molecule has 106 valence electrons. The molecule has 0 fully saturated rings. The van der Waals surface area contributed by atoms with Crippen LogP contribution in [0.2, 0.25) is 0 Å². The van der Waals surface area contributed by atoms with Gasteiger partial charge in [-0.15, -0.1) is 0 Å². The van der Waals surface area contributed by atoms with Crippen molar-refractivity contribution >= 4 is 53.3 Å². The van der Waals surface area contributed by atoms with E-state index in [1.807, 2.05) is 13.0 Å². The van der Waals surface area contributed by atoms with E-state index >= 15 is 0 Å². The second kappa shape index (κ2) is 5.75. The average Bonchev–Trinajstić information content (AvgIpc) is 2.37. The highest BCUT2D eigenvalue weighted by atomic mass is 79.9. The smallest absolute Gasteiger partial charge is 0.263 e. The lowest BCUT2D eigenvalue weighted by Gasteiger charge is -2.12. The van der Waals surface area contributed by atoms with Crippen molar-refractivity contribution in [3.63, 3.8) is 0 Å². The van der Waals surface area contributed by atoms with Crippen molar-refractivity contribution in [2.45, 2.75) is 11.8 Å². The predicted molar refractivity (Wildman–Crippen MR) is 88.2 cm³/mol. The van der Waals surface area contributed by atoms with Gasteiger partial charge in [-0.25, -0.2) is 8.42 Å². The zero-order chi connectivity index (χ0) is 14.9. The number of benzene rings is 2. The summed E-state index contributed by atoms with van der Waals surface area (Å²) in [6.07, 6.45) is 0. The molecule has 7 heteroatoms. The monoisotopic (exact) mass is 418 g/mol. The van der Waals surface area contributed by atoms with Crippen LogP contribution >= 0.6 is 31.9 Å². The molecule has 0 amide bonds. The molecule has 0 radical (unpaired) electrons. The lowest BCUT2D eigenvalue weighted by Crippen LogP contribution is -2.14. The van der Waals surface area contributed by atoms with E-state index in [9.17, 15) is 8.42 Å². The molecule has 0 saturated heterocycles. The summed E-state index contributed by atoms with van der Waals surface area (Å²) in [5, 5.41) is 0. The van der Waals surface area contributed by atoms with Gasteiger partial charge in [-0.3, -0.25) is 4.72 Å². The topological polar surface area (TPSA) is 72.2 Å². The fourth-order valence-corrected chi connectivity index (χ4v) is 4.22. The third-order valence-electron chi connectivity index (χ3n) is 2.68. The Bertz CT molecular complexity index is 761. The number of hydrogen-bond donors (Lipinski definition) is 2. The van der Waals surface area contributed by atoms with Crippen molar-refractivity contribution in [1.29, 1.82) is 0 Å². The molecule has 0 atom stereocenters. The quantitative estimate of drug-likeness (QED) is 0.741. The molecule has 2 rings (SSSR count). The summed E-state index contributed by atoms with van der Waals surface area (Å²) >= 11 is 6.60. The first kappa shape index (κ1) is 15.3. The van der Waals surface area contributed by atoms with Crippen LogP contribution < -0.4 is 10.5 Å². The molecule has 0 aliphatic heterocycles. The van der Waals surface area contributed by atoms with E-state index in [1.54, 1.807) is 24.3 Å². The molecule has 0 heterocycles. The summed E-state index contributed by atoms with van der Waals surface area (Å²) < 4.78 is 28.6. The van der Waals surface area contributed by atoms with E-state index in [0.717, 1.165) is 5.56 Å². The van der Waals surface area contributed by atoms with Gasteiger partial charge in [-0.1, -0.05) is 12.1 Å². The summed E-state index contributed by atoms with van der Waals surface area (Å²) in [5.41, 5.74) is 7.46. The number of rotatable bonds is 3. The van der Waals surface area contributed by atoms with Crippen molar-refractivity contribution in [3.05, 3.63) is 50.9 Å². The zero-order valence-corrected chi connectivity index (χ0v) is 14.5. The molecule has 0 saturated carbocycles. The van der Waals surface area contributed by atoms with Crippen molar-refractivity contribution in [2.75, 3.05) is 10.5 Å². The fourth-order valence-electron chi connectivity index (χ4n) is 1.65. The molecule has 20 heavy (non-hydrogen) atoms. The Kier molecular flexibility index (Phi) is 4.41. The van der Waals surface area contributed by atoms with Crippen LogP contribution in [-0.2, 0) is 10.0 Å². The molecule has 0 aliphatic carbocycles. The van der Waals surface area contributed by atoms with Crippen molar-refractivity contribution in [1.82, 2.24) is 0 Å². The summed E-state index contributed by atoms with van der Waals surface area (Å²) in [6, 6.07) is 10.0. The standard InChI is InChI=1S/C13H12Br2N2O2S/c1-8-3-2-4-11(13(8)15)17-20(18,19)12-7-9(16)5-6-10(12)14/h2-7,17H,16H2,1H3. The number of nitrogen functional groups attached to an aromatic ring is 1. The first-order valence-corrected chi connectivity index (χ1v) is 8.71. The first-order valence-electron chi connectivity index (χ1n) is 5.64. The molecule has 0 unspecified atom stereocenters. The number of anilines is 2. The summed E-state index contributed by atoms with van der Waals surface area (Å²) in [7, 11) is -3.71. The Hall–Kier alpha value is -1.05. The van der Waals surface area contributed by atoms with Crippen LogP contribution in [0, 0.1) is 6.92 Å². The molecule has 0 aliphatic rings. The number of aryl methyl sites for hydroxylation is 1. The van der Waals surface area contributed by atoms with Crippen LogP contribution in [0.4, 0.5) is 11.4 Å². The molecule has 3 N–H and O–H groups in total. The largest absolute Gasteiger partial charge is 0.399 e. The molecule has 0 spiro atoms. The first-order chi connectivity index (χ1) is 9.31. The number of hydrogen-bond acceptors (Lipinski definition) is 3. The second-order valence-corrected chi connectivity index (χ2v) is 7.53. The number of sulfonamides is 1. The van der Waals surface area contributed by atoms with Crippen LogP contribution in [0.3, 0.4) is 0 Å². The van der Waals surface area contributed by atoms with Crippen LogP contribution in [0.15, 0.2) is 50.2 Å². The van der Waals surface area contributed by atoms with Crippen molar-refractivity contribution < 1.29 is 8.42 Å². The van der Waals surface area contributed by atoms with E-state index < -0.39 is 10.0 Å². The second-order valence-electron chi connectivity index (χ2n) is 4.23. The van der Waals surface area contributed by atoms with Gasteiger partial charge >= 0.3 is 0 Å². The lowest BCUT2D eigenvalue weighted by atomic mass is 10.2. The van der Waals surface area contributed by atoms with E-state index in [-0.39, 0.29) is 4.90 Å². The molecular weight excluding hydrogens is 408 g/mol. The highest BCUT2D eigenvalue weighted by molar-refractivity contribution is 9.11. The van der Waals surface area contributed by atoms with Crippen LogP contribution in [0.25, 0.3) is 0 Å². The maximum Gasteiger partial charge on any atom is 0.263 e. The van der Waals surface area contributed by atoms with E-state index in [1.165, 1.54) is 6.07 Å². The van der Waals surface area contributed by atoms with E-state index in [0.29, 0.717) is 20.3 Å². The molecule has 2 aromatic rings. The molecule has 0 aromatic heterocycles. The Morgan fingerprint density at radius 3 is 2.55 bits per heavy atom. The minimum Gasteiger partial charge on any atom is -0.399 e. The van der Waals surface area contributed by atoms with Gasteiger partial charge in [0.25, 0.3) is 10.0 Å². The fraction of sp³-hybridized carbons (Fsp3) is 0.0769. The lowest BCUT2D eigenvalue weighted by molar-refractivity contribution is 0.601. The molecule has 2 aromatic carbocycles. The SMILES string of the molecule is Cc1cccc(NS(=O)(=O)c2cc(N)ccc2Br)c1Br. The summed E-state index contributed by atoms with van der Waals surface area (Å²) in [5.74, 6) is 0. The zero-order valence-electron chi connectivity index (χ0n) is 10.5. The number of nitrogens with two attached hydrogens (primary N) is 1. The van der Waals surface area contributed by atoms with E-state index in [2.05, 4.69) is 36.6 Å². The Morgan fingerprint density at radius 2 is 1.85 bits per heavy atom. The summed E-state index contributed by atoms with van der Waals surface area (Å²) in [4.78, 5) is 0.103. The van der Waals surface area contributed by atoms with Gasteiger partial charge in [-0.05, 0) is 68.6 Å². The highest BCUT2D eigenvalue weighted by Crippen LogP contribution is 2.30. The summed E-state index contributed by atoms with van der Waals surface area (Å²) in [6.45, 7) is 1.89. The van der Waals surface area contributed by atoms with Crippen molar-refractivity contribution in [3.8, 4) is 0 Å². The van der Waals surface area contributed by atoms with Crippen LogP contribution in [0.5, 0.6) is 0 Å². The Balaban J connectivity index is 2.46. The van der Waals surface area contributed by atoms with Gasteiger partial charge in [0.1, 0.15) is 4.90 Å². The minimum absolute atomic E-state index is 0.103. The van der Waals surface area contributed by atoms with Gasteiger partial charge in [0.05, 0.1) is 5.69 Å². The van der Waals surface area contributed by atoms with Gasteiger partial charge in [0.2, 0.25) is 0 Å². The third-order valence-corrected chi connectivity index (χ3v) is 6.09. The maximum atomic E-state index is 12.4. The Labute approximate surface area is 134 Å². The molecular formula is C13H12Br2N2O2S. The third kappa shape index (κ3) is 3.16. The predicted octanol–water partition coefficient (Wildman–Crippen LogP) is 3.90. The average molecular weight is 420 g/mol. The minimum atomic E-state index is -3.71. The molecule has 0 bridgehead atoms. The number of nitrogens with one attached hydrogen (secondary N) is 1.